The molecule has 0 radical (unpaired) electrons. The number of aromatic carboxylic acids is 1. The molecular weight excluding hydrogens is 282 g/mol. The Morgan fingerprint density at radius 2 is 2.15 bits per heavy atom. The van der Waals surface area contributed by atoms with Gasteiger partial charge < -0.3 is 20.5 Å². The fourth-order valence-corrected chi connectivity index (χ4v) is 2.24. The Hall–Kier alpha value is -1.67. The molecule has 0 fully saturated rings. The largest absolute Gasteiger partial charge is 0.476 e. The maximum atomic E-state index is 11.7. The van der Waals surface area contributed by atoms with Gasteiger partial charge in [-0.3, -0.25) is 0 Å². The zero-order valence-corrected chi connectivity index (χ0v) is 12.5. The fourth-order valence-electron chi connectivity index (χ4n) is 1.44. The van der Waals surface area contributed by atoms with Gasteiger partial charge in [0.15, 0.2) is 5.69 Å². The fraction of sp³-hybridized carbons (Fsp3) is 0.583. The number of hydrogen-bond acceptors (Lipinski definition) is 5. The van der Waals surface area contributed by atoms with E-state index in [4.69, 9.17) is 9.84 Å². The van der Waals surface area contributed by atoms with Crippen molar-refractivity contribution in [1.29, 1.82) is 0 Å². The first-order valence-corrected chi connectivity index (χ1v) is 7.15. The lowest BCUT2D eigenvalue weighted by Gasteiger charge is -2.16. The number of rotatable bonds is 7. The van der Waals surface area contributed by atoms with Gasteiger partial charge in [0.2, 0.25) is 0 Å². The van der Waals surface area contributed by atoms with Gasteiger partial charge in [-0.25, -0.2) is 14.6 Å². The summed E-state index contributed by atoms with van der Waals surface area (Å²) >= 11 is 1.20. The third-order valence-corrected chi connectivity index (χ3v) is 3.44. The van der Waals surface area contributed by atoms with Crippen molar-refractivity contribution < 1.29 is 19.4 Å². The number of carboxylic acid groups (broad SMARTS) is 1. The van der Waals surface area contributed by atoms with Crippen molar-refractivity contribution in [1.82, 2.24) is 15.6 Å². The first-order valence-electron chi connectivity index (χ1n) is 6.27. The van der Waals surface area contributed by atoms with Crippen molar-refractivity contribution in [2.24, 2.45) is 0 Å². The zero-order chi connectivity index (χ0) is 15.1. The highest BCUT2D eigenvalue weighted by Gasteiger charge is 2.16. The highest BCUT2D eigenvalue weighted by Crippen LogP contribution is 2.17. The average molecular weight is 301 g/mol. The number of carboxylic acids is 1. The Morgan fingerprint density at radius 1 is 1.45 bits per heavy atom. The van der Waals surface area contributed by atoms with E-state index in [1.807, 2.05) is 13.8 Å². The molecule has 2 atom stereocenters. The van der Waals surface area contributed by atoms with E-state index in [-0.39, 0.29) is 23.8 Å². The van der Waals surface area contributed by atoms with E-state index in [2.05, 4.69) is 15.6 Å². The molecule has 0 bridgehead atoms. The smallest absolute Gasteiger partial charge is 0.355 e. The van der Waals surface area contributed by atoms with E-state index in [9.17, 15) is 9.59 Å². The molecule has 2 amide bonds. The highest BCUT2D eigenvalue weighted by molar-refractivity contribution is 7.09. The summed E-state index contributed by atoms with van der Waals surface area (Å²) in [6.07, 6.45) is 0. The standard InChI is InChI=1S/C12H19N3O4S/c1-4-19-5-7(2)13-12(18)14-8(3)10-15-9(6-20-10)11(16)17/h6-8H,4-5H2,1-3H3,(H,16,17)(H2,13,14,18). The predicted molar refractivity (Wildman–Crippen MR) is 75.1 cm³/mol. The van der Waals surface area contributed by atoms with Crippen LogP contribution < -0.4 is 10.6 Å². The summed E-state index contributed by atoms with van der Waals surface area (Å²) < 4.78 is 5.20. The van der Waals surface area contributed by atoms with Crippen LogP contribution in [0.5, 0.6) is 0 Å². The number of hydrogen-bond donors (Lipinski definition) is 3. The Kier molecular flexibility index (Phi) is 6.40. The van der Waals surface area contributed by atoms with Gasteiger partial charge >= 0.3 is 12.0 Å². The maximum absolute atomic E-state index is 11.7. The van der Waals surface area contributed by atoms with E-state index in [1.54, 1.807) is 6.92 Å². The minimum absolute atomic E-state index is 0.0104. The Bertz CT molecular complexity index is 463. The lowest BCUT2D eigenvalue weighted by molar-refractivity contribution is 0.0691. The van der Waals surface area contributed by atoms with Crippen molar-refractivity contribution in [3.63, 3.8) is 0 Å². The number of thiazole rings is 1. The molecular formula is C12H19N3O4S. The highest BCUT2D eigenvalue weighted by atomic mass is 32.1. The van der Waals surface area contributed by atoms with Crippen LogP contribution in [0.15, 0.2) is 5.38 Å². The number of ether oxygens (including phenoxy) is 1. The predicted octanol–water partition coefficient (Wildman–Crippen LogP) is 1.63. The van der Waals surface area contributed by atoms with Crippen molar-refractivity contribution in [3.05, 3.63) is 16.1 Å². The average Bonchev–Trinajstić information content (AvgIpc) is 2.85. The molecule has 0 aliphatic heterocycles. The van der Waals surface area contributed by atoms with Crippen LogP contribution >= 0.6 is 11.3 Å². The number of carbonyl (C=O) groups excluding carboxylic acids is 1. The number of nitrogens with one attached hydrogen (secondary N) is 2. The van der Waals surface area contributed by atoms with Gasteiger partial charge in [-0.1, -0.05) is 0 Å². The Labute approximate surface area is 121 Å². The summed E-state index contributed by atoms with van der Waals surface area (Å²) in [7, 11) is 0. The maximum Gasteiger partial charge on any atom is 0.355 e. The minimum Gasteiger partial charge on any atom is -0.476 e. The van der Waals surface area contributed by atoms with Crippen molar-refractivity contribution >= 4 is 23.3 Å². The number of urea groups is 1. The summed E-state index contributed by atoms with van der Waals surface area (Å²) in [4.78, 5) is 26.4. The van der Waals surface area contributed by atoms with Gasteiger partial charge in [0, 0.05) is 12.0 Å². The van der Waals surface area contributed by atoms with Crippen LogP contribution in [0.1, 0.15) is 42.3 Å². The molecule has 2 unspecified atom stereocenters. The van der Waals surface area contributed by atoms with E-state index in [1.165, 1.54) is 16.7 Å². The SMILES string of the molecule is CCOCC(C)NC(=O)NC(C)c1nc(C(=O)O)cs1. The van der Waals surface area contributed by atoms with Crippen molar-refractivity contribution in [2.75, 3.05) is 13.2 Å². The summed E-state index contributed by atoms with van der Waals surface area (Å²) in [5.74, 6) is -1.07. The van der Waals surface area contributed by atoms with Gasteiger partial charge in [-0.2, -0.15) is 0 Å². The molecule has 8 heteroatoms. The molecule has 0 spiro atoms. The quantitative estimate of drug-likeness (QED) is 0.710. The molecule has 0 saturated heterocycles. The van der Waals surface area contributed by atoms with Gasteiger partial charge in [0.1, 0.15) is 5.01 Å². The van der Waals surface area contributed by atoms with Gasteiger partial charge in [0.25, 0.3) is 0 Å². The summed E-state index contributed by atoms with van der Waals surface area (Å²) in [6.45, 7) is 6.51. The minimum atomic E-state index is -1.07. The zero-order valence-electron chi connectivity index (χ0n) is 11.7. The topological polar surface area (TPSA) is 101 Å². The van der Waals surface area contributed by atoms with Gasteiger partial charge in [-0.05, 0) is 20.8 Å². The third-order valence-electron chi connectivity index (χ3n) is 2.41. The summed E-state index contributed by atoms with van der Waals surface area (Å²) in [5.41, 5.74) is -0.0104. The second kappa shape index (κ2) is 7.81. The van der Waals surface area contributed by atoms with Crippen LogP contribution in [0.2, 0.25) is 0 Å². The number of amides is 2. The van der Waals surface area contributed by atoms with Crippen LogP contribution in [0.25, 0.3) is 0 Å². The van der Waals surface area contributed by atoms with Crippen molar-refractivity contribution in [3.8, 4) is 0 Å². The van der Waals surface area contributed by atoms with E-state index in [0.29, 0.717) is 18.2 Å². The molecule has 1 aromatic rings. The van der Waals surface area contributed by atoms with Crippen LogP contribution in [-0.2, 0) is 4.74 Å². The van der Waals surface area contributed by atoms with E-state index >= 15 is 0 Å². The molecule has 1 rings (SSSR count). The van der Waals surface area contributed by atoms with Gasteiger partial charge in [0.05, 0.1) is 18.7 Å². The Balaban J connectivity index is 2.46. The van der Waals surface area contributed by atoms with Crippen LogP contribution in [-0.4, -0.2) is 41.3 Å². The first-order chi connectivity index (χ1) is 9.43. The molecule has 0 saturated carbocycles. The second-order valence-corrected chi connectivity index (χ2v) is 5.17. The number of carbonyl (C=O) groups is 2. The van der Waals surface area contributed by atoms with E-state index < -0.39 is 5.97 Å². The van der Waals surface area contributed by atoms with E-state index in [0.717, 1.165) is 0 Å². The monoisotopic (exact) mass is 301 g/mol. The number of nitrogens with zero attached hydrogens (tertiary/aromatic N) is 1. The summed E-state index contributed by atoms with van der Waals surface area (Å²) in [5, 5.41) is 16.2. The molecule has 20 heavy (non-hydrogen) atoms. The first kappa shape index (κ1) is 16.4. The Morgan fingerprint density at radius 3 is 2.70 bits per heavy atom. The van der Waals surface area contributed by atoms with Crippen LogP contribution in [0.4, 0.5) is 4.79 Å². The third kappa shape index (κ3) is 5.14. The lowest BCUT2D eigenvalue weighted by atomic mass is 10.3. The molecule has 3 N–H and O–H groups in total. The normalized spacial score (nSPS) is 13.6. The lowest BCUT2D eigenvalue weighted by Crippen LogP contribution is -2.43. The molecule has 0 aliphatic rings. The number of aromatic nitrogens is 1. The molecule has 0 aromatic carbocycles. The molecule has 1 aromatic heterocycles. The molecule has 0 aliphatic carbocycles. The van der Waals surface area contributed by atoms with Crippen LogP contribution in [0, 0.1) is 0 Å². The molecule has 7 nitrogen and oxygen atoms in total. The van der Waals surface area contributed by atoms with Crippen LogP contribution in [0.3, 0.4) is 0 Å². The molecule has 112 valence electrons. The molecule has 1 heterocycles. The second-order valence-electron chi connectivity index (χ2n) is 4.28. The van der Waals surface area contributed by atoms with Gasteiger partial charge in [-0.15, -0.1) is 11.3 Å². The summed E-state index contributed by atoms with van der Waals surface area (Å²) in [6, 6.07) is -0.794. The van der Waals surface area contributed by atoms with Crippen molar-refractivity contribution in [2.45, 2.75) is 32.9 Å².